The number of imidazole rings is 1. The summed E-state index contributed by atoms with van der Waals surface area (Å²) in [5, 5.41) is 15.3. The molecule has 0 saturated heterocycles. The lowest BCUT2D eigenvalue weighted by Crippen LogP contribution is -2.30. The van der Waals surface area contributed by atoms with Gasteiger partial charge in [-0.15, -0.1) is 0 Å². The first-order valence-electron chi connectivity index (χ1n) is 5.64. The van der Waals surface area contributed by atoms with Crippen LogP contribution in [0, 0.1) is 0 Å². The van der Waals surface area contributed by atoms with Gasteiger partial charge in [-0.25, -0.2) is 9.78 Å². The van der Waals surface area contributed by atoms with E-state index in [4.69, 9.17) is 5.11 Å². The van der Waals surface area contributed by atoms with Gasteiger partial charge in [-0.2, -0.15) is 5.10 Å². The van der Waals surface area contributed by atoms with Crippen molar-refractivity contribution in [2.45, 2.75) is 13.1 Å². The summed E-state index contributed by atoms with van der Waals surface area (Å²) < 4.78 is 3.13. The van der Waals surface area contributed by atoms with Gasteiger partial charge in [0.25, 0.3) is 0 Å². The Morgan fingerprint density at radius 1 is 1.42 bits per heavy atom. The highest BCUT2D eigenvalue weighted by Crippen LogP contribution is 1.95. The topological polar surface area (TPSA) is 102 Å². The minimum Gasteiger partial charge on any atom is -0.476 e. The van der Waals surface area contributed by atoms with Gasteiger partial charge in [0.1, 0.15) is 6.54 Å². The number of hydrogen-bond acceptors (Lipinski definition) is 4. The summed E-state index contributed by atoms with van der Waals surface area (Å²) in [6.07, 6.45) is 6.14. The smallest absolute Gasteiger partial charge is 0.356 e. The SMILES string of the molecule is O=C(Cn1cccn1)NCCn1cnc(C(=O)O)c1. The van der Waals surface area contributed by atoms with Crippen molar-refractivity contribution < 1.29 is 14.7 Å². The minimum atomic E-state index is -1.07. The first kappa shape index (κ1) is 12.8. The molecule has 0 saturated carbocycles. The average Bonchev–Trinajstić information content (AvgIpc) is 3.00. The molecule has 0 aliphatic heterocycles. The van der Waals surface area contributed by atoms with Crippen LogP contribution in [0.25, 0.3) is 0 Å². The third-order valence-corrected chi connectivity index (χ3v) is 2.41. The number of nitrogens with zero attached hydrogens (tertiary/aromatic N) is 4. The first-order valence-corrected chi connectivity index (χ1v) is 5.64. The van der Waals surface area contributed by atoms with Gasteiger partial charge < -0.3 is 15.0 Å². The van der Waals surface area contributed by atoms with Gasteiger partial charge in [0.05, 0.1) is 6.33 Å². The molecule has 2 N–H and O–H groups in total. The highest BCUT2D eigenvalue weighted by atomic mass is 16.4. The molecular weight excluding hydrogens is 250 g/mol. The molecule has 0 aromatic carbocycles. The summed E-state index contributed by atoms with van der Waals surface area (Å²) in [7, 11) is 0. The molecule has 0 unspecified atom stereocenters. The number of amides is 1. The number of aromatic nitrogens is 4. The number of hydrogen-bond donors (Lipinski definition) is 2. The quantitative estimate of drug-likeness (QED) is 0.738. The lowest BCUT2D eigenvalue weighted by molar-refractivity contribution is -0.121. The number of carboxylic acids is 1. The van der Waals surface area contributed by atoms with E-state index in [9.17, 15) is 9.59 Å². The number of rotatable bonds is 6. The van der Waals surface area contributed by atoms with Gasteiger partial charge >= 0.3 is 5.97 Å². The lowest BCUT2D eigenvalue weighted by atomic mass is 10.5. The molecule has 0 bridgehead atoms. The van der Waals surface area contributed by atoms with Crippen molar-refractivity contribution in [3.8, 4) is 0 Å². The number of carboxylic acid groups (broad SMARTS) is 1. The molecular formula is C11H13N5O3. The van der Waals surface area contributed by atoms with E-state index < -0.39 is 5.97 Å². The van der Waals surface area contributed by atoms with E-state index in [0.717, 1.165) is 0 Å². The summed E-state index contributed by atoms with van der Waals surface area (Å²) in [5.74, 6) is -1.22. The van der Waals surface area contributed by atoms with Gasteiger partial charge in [-0.1, -0.05) is 0 Å². The van der Waals surface area contributed by atoms with Crippen LogP contribution in [0.15, 0.2) is 31.0 Å². The molecule has 8 heteroatoms. The van der Waals surface area contributed by atoms with Crippen LogP contribution in [-0.4, -0.2) is 42.9 Å². The molecule has 100 valence electrons. The molecule has 0 fully saturated rings. The number of carbonyl (C=O) groups is 2. The maximum absolute atomic E-state index is 11.5. The molecule has 0 aliphatic carbocycles. The second-order valence-electron chi connectivity index (χ2n) is 3.86. The third-order valence-electron chi connectivity index (χ3n) is 2.41. The second-order valence-corrected chi connectivity index (χ2v) is 3.86. The Kier molecular flexibility index (Phi) is 3.91. The molecule has 0 atom stereocenters. The fraction of sp³-hybridized carbons (Fsp3) is 0.273. The normalized spacial score (nSPS) is 10.3. The molecule has 8 nitrogen and oxygen atoms in total. The third kappa shape index (κ3) is 3.66. The molecule has 2 heterocycles. The van der Waals surface area contributed by atoms with Crippen LogP contribution in [0.4, 0.5) is 0 Å². The maximum atomic E-state index is 11.5. The van der Waals surface area contributed by atoms with Gasteiger partial charge in [0.15, 0.2) is 5.69 Å². The molecule has 19 heavy (non-hydrogen) atoms. The first-order chi connectivity index (χ1) is 9.15. The highest BCUT2D eigenvalue weighted by molar-refractivity contribution is 5.84. The fourth-order valence-electron chi connectivity index (χ4n) is 1.51. The van der Waals surface area contributed by atoms with Gasteiger partial charge in [-0.05, 0) is 6.07 Å². The Bertz CT molecular complexity index is 561. The van der Waals surface area contributed by atoms with Crippen molar-refractivity contribution in [1.29, 1.82) is 0 Å². The van der Waals surface area contributed by atoms with Crippen LogP contribution in [0.5, 0.6) is 0 Å². The summed E-state index contributed by atoms with van der Waals surface area (Å²) in [6.45, 7) is 1.03. The van der Waals surface area contributed by atoms with E-state index in [2.05, 4.69) is 15.4 Å². The van der Waals surface area contributed by atoms with Crippen molar-refractivity contribution >= 4 is 11.9 Å². The Balaban J connectivity index is 1.73. The number of nitrogens with one attached hydrogen (secondary N) is 1. The Morgan fingerprint density at radius 2 is 2.26 bits per heavy atom. The van der Waals surface area contributed by atoms with Crippen LogP contribution in [-0.2, 0) is 17.9 Å². The monoisotopic (exact) mass is 263 g/mol. The molecule has 0 aliphatic rings. The molecule has 0 spiro atoms. The van der Waals surface area contributed by atoms with Crippen LogP contribution >= 0.6 is 0 Å². The van der Waals surface area contributed by atoms with Crippen molar-refractivity contribution in [2.24, 2.45) is 0 Å². The van der Waals surface area contributed by atoms with E-state index in [1.54, 1.807) is 23.0 Å². The van der Waals surface area contributed by atoms with Gasteiger partial charge in [0.2, 0.25) is 5.91 Å². The number of aromatic carboxylic acids is 1. The van der Waals surface area contributed by atoms with Gasteiger partial charge in [-0.3, -0.25) is 9.48 Å². The number of carbonyl (C=O) groups excluding carboxylic acids is 1. The van der Waals surface area contributed by atoms with Crippen molar-refractivity contribution in [3.05, 3.63) is 36.7 Å². The van der Waals surface area contributed by atoms with Crippen molar-refractivity contribution in [2.75, 3.05) is 6.54 Å². The van der Waals surface area contributed by atoms with E-state index in [1.165, 1.54) is 17.2 Å². The van der Waals surface area contributed by atoms with Gasteiger partial charge in [0, 0.05) is 31.7 Å². The van der Waals surface area contributed by atoms with E-state index in [-0.39, 0.29) is 18.1 Å². The zero-order valence-electron chi connectivity index (χ0n) is 10.1. The summed E-state index contributed by atoms with van der Waals surface area (Å²) in [5.41, 5.74) is -0.0112. The highest BCUT2D eigenvalue weighted by Gasteiger charge is 2.06. The standard InChI is InChI=1S/C11H13N5O3/c17-10(7-16-4-1-2-14-16)12-3-5-15-6-9(11(18)19)13-8-15/h1-2,4,6,8H,3,5,7H2,(H,12,17)(H,18,19). The molecule has 1 amide bonds. The Labute approximate surface area is 108 Å². The van der Waals surface area contributed by atoms with E-state index >= 15 is 0 Å². The zero-order chi connectivity index (χ0) is 13.7. The maximum Gasteiger partial charge on any atom is 0.356 e. The Hall–Kier alpha value is -2.64. The fourth-order valence-corrected chi connectivity index (χ4v) is 1.51. The summed E-state index contributed by atoms with van der Waals surface area (Å²) in [6, 6.07) is 1.74. The average molecular weight is 263 g/mol. The van der Waals surface area contributed by atoms with E-state index in [0.29, 0.717) is 13.1 Å². The molecule has 2 aromatic rings. The van der Waals surface area contributed by atoms with Crippen LogP contribution < -0.4 is 5.32 Å². The van der Waals surface area contributed by atoms with E-state index in [1.807, 2.05) is 0 Å². The summed E-state index contributed by atoms with van der Waals surface area (Å²) in [4.78, 5) is 25.9. The predicted molar refractivity (Wildman–Crippen MR) is 64.4 cm³/mol. The van der Waals surface area contributed by atoms with Crippen LogP contribution in [0.2, 0.25) is 0 Å². The zero-order valence-corrected chi connectivity index (χ0v) is 10.1. The van der Waals surface area contributed by atoms with Crippen LogP contribution in [0.3, 0.4) is 0 Å². The minimum absolute atomic E-state index is 0.0112. The lowest BCUT2D eigenvalue weighted by Gasteiger charge is -2.05. The Morgan fingerprint density at radius 3 is 2.89 bits per heavy atom. The predicted octanol–water partition coefficient (Wildman–Crippen LogP) is -0.406. The molecule has 2 rings (SSSR count). The molecule has 0 radical (unpaired) electrons. The van der Waals surface area contributed by atoms with Crippen molar-refractivity contribution in [1.82, 2.24) is 24.6 Å². The second kappa shape index (κ2) is 5.80. The van der Waals surface area contributed by atoms with Crippen molar-refractivity contribution in [3.63, 3.8) is 0 Å². The summed E-state index contributed by atoms with van der Waals surface area (Å²) >= 11 is 0. The largest absolute Gasteiger partial charge is 0.476 e. The molecule has 2 aromatic heterocycles. The van der Waals surface area contributed by atoms with Crippen LogP contribution in [0.1, 0.15) is 10.5 Å².